The van der Waals surface area contributed by atoms with Gasteiger partial charge in [-0.1, -0.05) is 73.3 Å². The van der Waals surface area contributed by atoms with Crippen molar-refractivity contribution >= 4 is 50.7 Å². The third kappa shape index (κ3) is 7.82. The minimum atomic E-state index is -4.22. The summed E-state index contributed by atoms with van der Waals surface area (Å²) in [5, 5.41) is 3.78. The largest absolute Gasteiger partial charge is 0.495 e. The topological polar surface area (TPSA) is 96.0 Å². The number of nitrogens with zero attached hydrogens (tertiary/aromatic N) is 2. The Balaban J connectivity index is 1.77. The zero-order valence-electron chi connectivity index (χ0n) is 24.6. The van der Waals surface area contributed by atoms with Crippen LogP contribution in [0.25, 0.3) is 0 Å². The van der Waals surface area contributed by atoms with Crippen molar-refractivity contribution in [3.05, 3.63) is 87.9 Å². The van der Waals surface area contributed by atoms with Crippen molar-refractivity contribution < 1.29 is 22.7 Å². The maximum absolute atomic E-state index is 14.3. The Morgan fingerprint density at radius 3 is 2.33 bits per heavy atom. The van der Waals surface area contributed by atoms with Gasteiger partial charge in [-0.3, -0.25) is 13.9 Å². The highest BCUT2D eigenvalue weighted by atomic mass is 35.5. The van der Waals surface area contributed by atoms with E-state index in [-0.39, 0.29) is 29.1 Å². The molecular weight excluding hydrogens is 609 g/mol. The van der Waals surface area contributed by atoms with Crippen molar-refractivity contribution in [2.75, 3.05) is 18.0 Å². The molecule has 1 aliphatic carbocycles. The lowest BCUT2D eigenvalue weighted by Gasteiger charge is -2.34. The van der Waals surface area contributed by atoms with E-state index in [4.69, 9.17) is 27.9 Å². The summed E-state index contributed by atoms with van der Waals surface area (Å²) in [6, 6.07) is 17.3. The Morgan fingerprint density at radius 1 is 1.00 bits per heavy atom. The summed E-state index contributed by atoms with van der Waals surface area (Å²) in [5.74, 6) is -0.532. The maximum atomic E-state index is 14.3. The Hall–Kier alpha value is -3.27. The van der Waals surface area contributed by atoms with Crippen LogP contribution in [0.3, 0.4) is 0 Å². The summed E-state index contributed by atoms with van der Waals surface area (Å²) in [5.41, 5.74) is 1.66. The lowest BCUT2D eigenvalue weighted by atomic mass is 10.1. The van der Waals surface area contributed by atoms with E-state index >= 15 is 0 Å². The molecule has 1 aliphatic rings. The first-order chi connectivity index (χ1) is 20.5. The molecule has 3 aromatic rings. The number of sulfonamides is 1. The number of benzene rings is 3. The number of carbonyl (C=O) groups excluding carboxylic acids is 2. The Labute approximate surface area is 264 Å². The van der Waals surface area contributed by atoms with E-state index < -0.39 is 28.5 Å². The molecule has 0 aromatic heterocycles. The Kier molecular flexibility index (Phi) is 11.0. The molecule has 0 bridgehead atoms. The van der Waals surface area contributed by atoms with Gasteiger partial charge >= 0.3 is 0 Å². The van der Waals surface area contributed by atoms with Gasteiger partial charge in [-0.05, 0) is 73.7 Å². The second kappa shape index (κ2) is 14.5. The van der Waals surface area contributed by atoms with Crippen molar-refractivity contribution in [2.24, 2.45) is 0 Å². The highest BCUT2D eigenvalue weighted by molar-refractivity contribution is 7.92. The standard InChI is InChI=1S/C32H37Cl2N3O5S/c1-4-28(32(39)35-24-10-8-9-11-24)36(20-23-15-16-26(33)27(34)19-23)31(38)21-37(29-18-22(2)14-17-30(29)42-3)43(40,41)25-12-6-5-7-13-25/h5-7,12-19,24,28H,4,8-11,20-21H2,1-3H3,(H,35,39)/t28-/m1/s1. The van der Waals surface area contributed by atoms with Crippen molar-refractivity contribution in [2.45, 2.75) is 69.5 Å². The van der Waals surface area contributed by atoms with E-state index in [0.29, 0.717) is 27.8 Å². The summed E-state index contributed by atoms with van der Waals surface area (Å²) in [4.78, 5) is 29.4. The smallest absolute Gasteiger partial charge is 0.264 e. The van der Waals surface area contributed by atoms with Gasteiger partial charge in [0.1, 0.15) is 18.3 Å². The number of nitrogens with one attached hydrogen (secondary N) is 1. The lowest BCUT2D eigenvalue weighted by Crippen LogP contribution is -2.53. The van der Waals surface area contributed by atoms with E-state index in [1.165, 1.54) is 24.1 Å². The number of aryl methyl sites for hydroxylation is 1. The molecule has 1 N–H and O–H groups in total. The van der Waals surface area contributed by atoms with E-state index in [1.807, 2.05) is 13.8 Å². The summed E-state index contributed by atoms with van der Waals surface area (Å²) < 4.78 is 34.8. The highest BCUT2D eigenvalue weighted by Crippen LogP contribution is 2.34. The number of amides is 2. The van der Waals surface area contributed by atoms with E-state index in [9.17, 15) is 18.0 Å². The molecular formula is C32H37Cl2N3O5S. The number of halogens is 2. The van der Waals surface area contributed by atoms with Crippen molar-refractivity contribution in [3.63, 3.8) is 0 Å². The van der Waals surface area contributed by atoms with Gasteiger partial charge in [0.2, 0.25) is 11.8 Å². The zero-order chi connectivity index (χ0) is 31.1. The summed E-state index contributed by atoms with van der Waals surface area (Å²) in [6.07, 6.45) is 4.18. The van der Waals surface area contributed by atoms with Crippen LogP contribution in [-0.4, -0.2) is 50.9 Å². The van der Waals surface area contributed by atoms with Crippen LogP contribution < -0.4 is 14.4 Å². The molecule has 1 atom stereocenters. The lowest BCUT2D eigenvalue weighted by molar-refractivity contribution is -0.140. The monoisotopic (exact) mass is 645 g/mol. The molecule has 43 heavy (non-hydrogen) atoms. The van der Waals surface area contributed by atoms with E-state index in [1.54, 1.807) is 54.6 Å². The number of anilines is 1. The molecule has 3 aromatic carbocycles. The minimum absolute atomic E-state index is 0.0217. The normalized spacial score (nSPS) is 14.3. The van der Waals surface area contributed by atoms with Gasteiger partial charge in [0.15, 0.2) is 0 Å². The number of methoxy groups -OCH3 is 1. The minimum Gasteiger partial charge on any atom is -0.495 e. The Morgan fingerprint density at radius 2 is 1.70 bits per heavy atom. The Bertz CT molecular complexity index is 1550. The molecule has 0 radical (unpaired) electrons. The fourth-order valence-electron chi connectivity index (χ4n) is 5.35. The van der Waals surface area contributed by atoms with Crippen molar-refractivity contribution in [1.82, 2.24) is 10.2 Å². The quantitative estimate of drug-likeness (QED) is 0.247. The van der Waals surface area contributed by atoms with Crippen LogP contribution in [0.5, 0.6) is 5.75 Å². The molecule has 0 heterocycles. The number of hydrogen-bond donors (Lipinski definition) is 1. The molecule has 0 saturated heterocycles. The van der Waals surface area contributed by atoms with Gasteiger partial charge in [-0.25, -0.2) is 8.42 Å². The molecule has 8 nitrogen and oxygen atoms in total. The molecule has 1 saturated carbocycles. The number of ether oxygens (including phenoxy) is 1. The van der Waals surface area contributed by atoms with Crippen LogP contribution in [0.15, 0.2) is 71.6 Å². The second-order valence-electron chi connectivity index (χ2n) is 10.7. The molecule has 0 spiro atoms. The van der Waals surface area contributed by atoms with Gasteiger partial charge < -0.3 is 15.0 Å². The molecule has 0 aliphatic heterocycles. The number of carbonyl (C=O) groups is 2. The maximum Gasteiger partial charge on any atom is 0.264 e. The van der Waals surface area contributed by atoms with Crippen LogP contribution in [0.1, 0.15) is 50.2 Å². The fraction of sp³-hybridized carbons (Fsp3) is 0.375. The third-order valence-corrected chi connectivity index (χ3v) is 10.2. The van der Waals surface area contributed by atoms with Gasteiger partial charge in [0, 0.05) is 12.6 Å². The first kappa shape index (κ1) is 32.6. The molecule has 0 unspecified atom stereocenters. The molecule has 230 valence electrons. The fourth-order valence-corrected chi connectivity index (χ4v) is 7.11. The summed E-state index contributed by atoms with van der Waals surface area (Å²) >= 11 is 12.4. The third-order valence-electron chi connectivity index (χ3n) is 7.64. The van der Waals surface area contributed by atoms with Gasteiger partial charge in [-0.15, -0.1) is 0 Å². The molecule has 2 amide bonds. The molecule has 4 rings (SSSR count). The number of rotatable bonds is 12. The predicted octanol–water partition coefficient (Wildman–Crippen LogP) is 6.37. The number of hydrogen-bond acceptors (Lipinski definition) is 5. The van der Waals surface area contributed by atoms with Crippen LogP contribution in [0.2, 0.25) is 10.0 Å². The van der Waals surface area contributed by atoms with Crippen molar-refractivity contribution in [1.29, 1.82) is 0 Å². The average Bonchev–Trinajstić information content (AvgIpc) is 3.51. The molecule has 11 heteroatoms. The first-order valence-electron chi connectivity index (χ1n) is 14.3. The summed E-state index contributed by atoms with van der Waals surface area (Å²) in [6.45, 7) is 3.12. The van der Waals surface area contributed by atoms with Crippen LogP contribution in [0, 0.1) is 6.92 Å². The van der Waals surface area contributed by atoms with Crippen LogP contribution in [-0.2, 0) is 26.2 Å². The van der Waals surface area contributed by atoms with Crippen LogP contribution in [0.4, 0.5) is 5.69 Å². The van der Waals surface area contributed by atoms with E-state index in [0.717, 1.165) is 35.6 Å². The average molecular weight is 647 g/mol. The zero-order valence-corrected chi connectivity index (χ0v) is 26.9. The highest BCUT2D eigenvalue weighted by Gasteiger charge is 2.35. The van der Waals surface area contributed by atoms with Crippen LogP contribution >= 0.6 is 23.2 Å². The molecule has 1 fully saturated rings. The van der Waals surface area contributed by atoms with Gasteiger partial charge in [0.25, 0.3) is 10.0 Å². The van der Waals surface area contributed by atoms with Gasteiger partial charge in [0.05, 0.1) is 27.7 Å². The van der Waals surface area contributed by atoms with Gasteiger partial charge in [-0.2, -0.15) is 0 Å². The SMILES string of the molecule is CC[C@H](C(=O)NC1CCCC1)N(Cc1ccc(Cl)c(Cl)c1)C(=O)CN(c1cc(C)ccc1OC)S(=O)(=O)c1ccccc1. The summed E-state index contributed by atoms with van der Waals surface area (Å²) in [7, 11) is -2.78. The second-order valence-corrected chi connectivity index (χ2v) is 13.4. The first-order valence-corrected chi connectivity index (χ1v) is 16.5. The van der Waals surface area contributed by atoms with E-state index in [2.05, 4.69) is 5.32 Å². The van der Waals surface area contributed by atoms with Crippen molar-refractivity contribution in [3.8, 4) is 5.75 Å². The predicted molar refractivity (Wildman–Crippen MR) is 170 cm³/mol.